The van der Waals surface area contributed by atoms with Gasteiger partial charge in [0.1, 0.15) is 18.2 Å². The maximum absolute atomic E-state index is 13.0. The van der Waals surface area contributed by atoms with Gasteiger partial charge in [-0.25, -0.2) is 9.97 Å². The summed E-state index contributed by atoms with van der Waals surface area (Å²) in [6.45, 7) is 1.22. The number of hydrogen-bond donors (Lipinski definition) is 1. The summed E-state index contributed by atoms with van der Waals surface area (Å²) in [5.41, 5.74) is 4.18. The summed E-state index contributed by atoms with van der Waals surface area (Å²) < 4.78 is 0. The molecule has 1 atom stereocenters. The number of hydrogen-bond acceptors (Lipinski definition) is 5. The summed E-state index contributed by atoms with van der Waals surface area (Å²) in [4.78, 5) is 25.6. The van der Waals surface area contributed by atoms with Gasteiger partial charge in [-0.05, 0) is 30.2 Å². The van der Waals surface area contributed by atoms with E-state index in [2.05, 4.69) is 15.3 Å². The van der Waals surface area contributed by atoms with Crippen molar-refractivity contribution in [1.82, 2.24) is 14.9 Å². The standard InChI is InChI=1S/C18H20ClN5O/c1-23(2)17-13-5-6-24(9-16(13)20-10-21-17)18(25)15-8-11-7-12(19)3-4-14(11)22-15/h3-4,7,10,15,22H,5-6,8-9H2,1-2H3/t15-/m0/s1. The van der Waals surface area contributed by atoms with Gasteiger partial charge in [0.2, 0.25) is 5.91 Å². The maximum Gasteiger partial charge on any atom is 0.245 e. The van der Waals surface area contributed by atoms with Crippen LogP contribution in [-0.4, -0.2) is 47.5 Å². The largest absolute Gasteiger partial charge is 0.373 e. The number of aromatic nitrogens is 2. The third-order valence-electron chi connectivity index (χ3n) is 4.84. The molecule has 7 heteroatoms. The van der Waals surface area contributed by atoms with Gasteiger partial charge >= 0.3 is 0 Å². The zero-order valence-corrected chi connectivity index (χ0v) is 15.0. The molecule has 25 heavy (non-hydrogen) atoms. The molecular weight excluding hydrogens is 338 g/mol. The monoisotopic (exact) mass is 357 g/mol. The summed E-state index contributed by atoms with van der Waals surface area (Å²) in [5, 5.41) is 4.02. The highest BCUT2D eigenvalue weighted by molar-refractivity contribution is 6.30. The minimum Gasteiger partial charge on any atom is -0.373 e. The predicted molar refractivity (Wildman–Crippen MR) is 98.0 cm³/mol. The van der Waals surface area contributed by atoms with Gasteiger partial charge in [0, 0.05) is 43.3 Å². The first-order valence-electron chi connectivity index (χ1n) is 8.37. The quantitative estimate of drug-likeness (QED) is 0.892. The van der Waals surface area contributed by atoms with Gasteiger partial charge in [0.05, 0.1) is 12.2 Å². The molecule has 1 aromatic carbocycles. The summed E-state index contributed by atoms with van der Waals surface area (Å²) in [6.07, 6.45) is 3.03. The van der Waals surface area contributed by atoms with Crippen molar-refractivity contribution in [2.24, 2.45) is 0 Å². The second-order valence-electron chi connectivity index (χ2n) is 6.73. The van der Waals surface area contributed by atoms with Crippen LogP contribution in [0.4, 0.5) is 11.5 Å². The number of carbonyl (C=O) groups is 1. The molecule has 0 saturated carbocycles. The van der Waals surface area contributed by atoms with Crippen LogP contribution >= 0.6 is 11.6 Å². The van der Waals surface area contributed by atoms with Crippen molar-refractivity contribution in [2.75, 3.05) is 30.9 Å². The zero-order valence-electron chi connectivity index (χ0n) is 14.3. The molecule has 0 spiro atoms. The van der Waals surface area contributed by atoms with E-state index in [1.54, 1.807) is 6.33 Å². The minimum atomic E-state index is -0.231. The molecule has 1 aromatic heterocycles. The van der Waals surface area contributed by atoms with E-state index in [9.17, 15) is 4.79 Å². The average Bonchev–Trinajstić information content (AvgIpc) is 3.03. The number of nitrogens with one attached hydrogen (secondary N) is 1. The van der Waals surface area contributed by atoms with Crippen molar-refractivity contribution in [3.05, 3.63) is 46.4 Å². The predicted octanol–water partition coefficient (Wildman–Crippen LogP) is 2.12. The van der Waals surface area contributed by atoms with Gasteiger partial charge in [-0.2, -0.15) is 0 Å². The lowest BCUT2D eigenvalue weighted by Crippen LogP contribution is -2.45. The molecule has 0 aliphatic carbocycles. The topological polar surface area (TPSA) is 61.4 Å². The van der Waals surface area contributed by atoms with Gasteiger partial charge in [-0.3, -0.25) is 4.79 Å². The number of carbonyl (C=O) groups excluding carboxylic acids is 1. The first kappa shape index (κ1) is 16.1. The Morgan fingerprint density at radius 1 is 1.36 bits per heavy atom. The lowest BCUT2D eigenvalue weighted by atomic mass is 10.0. The summed E-state index contributed by atoms with van der Waals surface area (Å²) in [7, 11) is 3.95. The first-order valence-corrected chi connectivity index (χ1v) is 8.74. The highest BCUT2D eigenvalue weighted by Crippen LogP contribution is 2.30. The van der Waals surface area contributed by atoms with Crippen LogP contribution in [0, 0.1) is 0 Å². The second-order valence-corrected chi connectivity index (χ2v) is 7.17. The molecule has 2 aromatic rings. The molecule has 2 aliphatic rings. The second kappa shape index (κ2) is 6.19. The number of fused-ring (bicyclic) bond motifs is 2. The van der Waals surface area contributed by atoms with Crippen molar-refractivity contribution < 1.29 is 4.79 Å². The number of benzene rings is 1. The van der Waals surface area contributed by atoms with Crippen LogP contribution in [0.3, 0.4) is 0 Å². The third-order valence-corrected chi connectivity index (χ3v) is 5.07. The molecular formula is C18H20ClN5O. The van der Waals surface area contributed by atoms with E-state index < -0.39 is 0 Å². The molecule has 0 unspecified atom stereocenters. The van der Waals surface area contributed by atoms with Crippen molar-refractivity contribution in [3.8, 4) is 0 Å². The third kappa shape index (κ3) is 2.91. The molecule has 0 radical (unpaired) electrons. The Morgan fingerprint density at radius 2 is 2.20 bits per heavy atom. The molecule has 4 rings (SSSR count). The molecule has 0 saturated heterocycles. The summed E-state index contributed by atoms with van der Waals surface area (Å²) in [5.74, 6) is 1.06. The molecule has 130 valence electrons. The molecule has 0 fully saturated rings. The Hall–Kier alpha value is -2.34. The average molecular weight is 358 g/mol. The Kier molecular flexibility index (Phi) is 4.00. The van der Waals surface area contributed by atoms with Crippen LogP contribution in [0.2, 0.25) is 5.02 Å². The van der Waals surface area contributed by atoms with E-state index in [4.69, 9.17) is 11.6 Å². The van der Waals surface area contributed by atoms with Gasteiger partial charge in [-0.15, -0.1) is 0 Å². The lowest BCUT2D eigenvalue weighted by molar-refractivity contribution is -0.132. The molecule has 1 amide bonds. The number of rotatable bonds is 2. The van der Waals surface area contributed by atoms with Crippen LogP contribution < -0.4 is 10.2 Å². The molecule has 1 N–H and O–H groups in total. The Balaban J connectivity index is 1.51. The van der Waals surface area contributed by atoms with Crippen molar-refractivity contribution in [1.29, 1.82) is 0 Å². The van der Waals surface area contributed by atoms with E-state index in [1.165, 1.54) is 0 Å². The maximum atomic E-state index is 13.0. The fourth-order valence-corrected chi connectivity index (χ4v) is 3.81. The zero-order chi connectivity index (χ0) is 17.6. The van der Waals surface area contributed by atoms with Gasteiger partial charge in [0.15, 0.2) is 0 Å². The van der Waals surface area contributed by atoms with Crippen LogP contribution in [0.1, 0.15) is 16.8 Å². The smallest absolute Gasteiger partial charge is 0.245 e. The van der Waals surface area contributed by atoms with Crippen molar-refractivity contribution in [2.45, 2.75) is 25.4 Å². The van der Waals surface area contributed by atoms with Gasteiger partial charge < -0.3 is 15.1 Å². The fourth-order valence-electron chi connectivity index (χ4n) is 3.61. The van der Waals surface area contributed by atoms with Crippen molar-refractivity contribution >= 4 is 29.0 Å². The Labute approximate surface area is 151 Å². The number of anilines is 2. The van der Waals surface area contributed by atoms with Crippen LogP contribution in [0.15, 0.2) is 24.5 Å². The van der Waals surface area contributed by atoms with E-state index in [-0.39, 0.29) is 11.9 Å². The number of halogens is 1. The Bertz CT molecular complexity index is 838. The lowest BCUT2D eigenvalue weighted by Gasteiger charge is -2.31. The normalized spacial score (nSPS) is 18.4. The van der Waals surface area contributed by atoms with Crippen LogP contribution in [0.25, 0.3) is 0 Å². The molecule has 0 bridgehead atoms. The van der Waals surface area contributed by atoms with Gasteiger partial charge in [-0.1, -0.05) is 11.6 Å². The highest BCUT2D eigenvalue weighted by atomic mass is 35.5. The van der Waals surface area contributed by atoms with Crippen LogP contribution in [0.5, 0.6) is 0 Å². The SMILES string of the molecule is CN(C)c1ncnc2c1CCN(C(=O)[C@@H]1Cc3cc(Cl)ccc3N1)C2. The first-order chi connectivity index (χ1) is 12.0. The molecule has 2 aliphatic heterocycles. The fraction of sp³-hybridized carbons (Fsp3) is 0.389. The van der Waals surface area contributed by atoms with E-state index in [0.717, 1.165) is 34.7 Å². The number of amides is 1. The molecule has 6 nitrogen and oxygen atoms in total. The van der Waals surface area contributed by atoms with E-state index in [1.807, 2.05) is 42.1 Å². The minimum absolute atomic E-state index is 0.114. The van der Waals surface area contributed by atoms with Crippen molar-refractivity contribution in [3.63, 3.8) is 0 Å². The summed E-state index contributed by atoms with van der Waals surface area (Å²) in [6, 6.07) is 5.48. The highest BCUT2D eigenvalue weighted by Gasteiger charge is 2.33. The van der Waals surface area contributed by atoms with Crippen LogP contribution in [-0.2, 0) is 24.2 Å². The Morgan fingerprint density at radius 3 is 3.00 bits per heavy atom. The number of nitrogens with zero attached hydrogens (tertiary/aromatic N) is 4. The van der Waals surface area contributed by atoms with Gasteiger partial charge in [0.25, 0.3) is 0 Å². The summed E-state index contributed by atoms with van der Waals surface area (Å²) >= 11 is 6.05. The molecule has 3 heterocycles. The van der Waals surface area contributed by atoms with E-state index >= 15 is 0 Å². The van der Waals surface area contributed by atoms with E-state index in [0.29, 0.717) is 24.5 Å².